The first-order valence-electron chi connectivity index (χ1n) is 12.5. The van der Waals surface area contributed by atoms with Crippen LogP contribution in [0.15, 0.2) is 146 Å². The molecule has 36 heavy (non-hydrogen) atoms. The van der Waals surface area contributed by atoms with Crippen LogP contribution in [0.5, 0.6) is 0 Å². The molecule has 0 fully saturated rings. The number of hydrogen-bond acceptors (Lipinski definition) is 0. The number of benzene rings is 7. The van der Waals surface area contributed by atoms with Crippen LogP contribution in [0.3, 0.4) is 0 Å². The lowest BCUT2D eigenvalue weighted by atomic mass is 9.84. The largest absolute Gasteiger partial charge is 0.0622 e. The Morgan fingerprint density at radius 1 is 0.250 bits per heavy atom. The van der Waals surface area contributed by atoms with Crippen molar-refractivity contribution in [3.05, 3.63) is 146 Å². The maximum Gasteiger partial charge on any atom is -0.00139 e. The first-order chi connectivity index (χ1) is 17.9. The van der Waals surface area contributed by atoms with Crippen molar-refractivity contribution in [1.29, 1.82) is 0 Å². The van der Waals surface area contributed by atoms with Crippen molar-refractivity contribution >= 4 is 32.3 Å². The maximum atomic E-state index is 2.39. The van der Waals surface area contributed by atoms with Crippen LogP contribution in [-0.2, 0) is 0 Å². The van der Waals surface area contributed by atoms with E-state index in [0.717, 1.165) is 0 Å². The van der Waals surface area contributed by atoms with Gasteiger partial charge in [0.25, 0.3) is 0 Å². The smallest absolute Gasteiger partial charge is 0.00139 e. The van der Waals surface area contributed by atoms with E-state index < -0.39 is 0 Å². The van der Waals surface area contributed by atoms with Gasteiger partial charge in [0.1, 0.15) is 0 Å². The standard InChI is InChI=1S/C36H24/c1-4-12-25(13-5-1)28-20-21-32-31-18-10-11-19-33(31)35-29(26-14-6-2-7-15-26)22-23-30(36(35)34(32)24-28)27-16-8-3-9-17-27/h1-24H. The van der Waals surface area contributed by atoms with Gasteiger partial charge in [0.2, 0.25) is 0 Å². The Morgan fingerprint density at radius 3 is 1.28 bits per heavy atom. The van der Waals surface area contributed by atoms with Gasteiger partial charge in [0, 0.05) is 0 Å². The average molecular weight is 457 g/mol. The lowest BCUT2D eigenvalue weighted by Gasteiger charge is -2.18. The minimum atomic E-state index is 1.24. The molecule has 0 spiro atoms. The van der Waals surface area contributed by atoms with Crippen LogP contribution in [0.2, 0.25) is 0 Å². The topological polar surface area (TPSA) is 0 Å². The zero-order valence-electron chi connectivity index (χ0n) is 19.9. The van der Waals surface area contributed by atoms with Crippen molar-refractivity contribution in [3.8, 4) is 33.4 Å². The Hall–Kier alpha value is -4.68. The maximum absolute atomic E-state index is 2.39. The van der Waals surface area contributed by atoms with Crippen LogP contribution >= 0.6 is 0 Å². The molecule has 0 saturated heterocycles. The fourth-order valence-corrected chi connectivity index (χ4v) is 5.61. The molecule has 0 aromatic heterocycles. The summed E-state index contributed by atoms with van der Waals surface area (Å²) in [4.78, 5) is 0. The van der Waals surface area contributed by atoms with Crippen molar-refractivity contribution in [2.24, 2.45) is 0 Å². The summed E-state index contributed by atoms with van der Waals surface area (Å²) >= 11 is 0. The van der Waals surface area contributed by atoms with E-state index >= 15 is 0 Å². The first kappa shape index (κ1) is 20.7. The predicted molar refractivity (Wildman–Crippen MR) is 155 cm³/mol. The number of rotatable bonds is 3. The van der Waals surface area contributed by atoms with Crippen LogP contribution in [-0.4, -0.2) is 0 Å². The van der Waals surface area contributed by atoms with Crippen LogP contribution in [0, 0.1) is 0 Å². The highest BCUT2D eigenvalue weighted by Crippen LogP contribution is 2.45. The van der Waals surface area contributed by atoms with Crippen molar-refractivity contribution in [2.45, 2.75) is 0 Å². The molecule has 0 aliphatic heterocycles. The Kier molecular flexibility index (Phi) is 4.89. The predicted octanol–water partition coefficient (Wildman–Crippen LogP) is 10.1. The van der Waals surface area contributed by atoms with Crippen LogP contribution < -0.4 is 0 Å². The summed E-state index contributed by atoms with van der Waals surface area (Å²) in [6, 6.07) is 52.7. The highest BCUT2D eigenvalue weighted by Gasteiger charge is 2.17. The molecule has 0 aliphatic carbocycles. The Bertz CT molecular complexity index is 1850. The van der Waals surface area contributed by atoms with Crippen LogP contribution in [0.1, 0.15) is 0 Å². The quantitative estimate of drug-likeness (QED) is 0.232. The lowest BCUT2D eigenvalue weighted by molar-refractivity contribution is 1.63. The fraction of sp³-hybridized carbons (Fsp3) is 0. The van der Waals surface area contributed by atoms with Gasteiger partial charge in [0.05, 0.1) is 0 Å². The van der Waals surface area contributed by atoms with E-state index in [1.165, 1.54) is 65.7 Å². The van der Waals surface area contributed by atoms with Gasteiger partial charge in [-0.15, -0.1) is 0 Å². The molecule has 0 radical (unpaired) electrons. The van der Waals surface area contributed by atoms with E-state index in [-0.39, 0.29) is 0 Å². The summed E-state index contributed by atoms with van der Waals surface area (Å²) in [5.74, 6) is 0. The summed E-state index contributed by atoms with van der Waals surface area (Å²) < 4.78 is 0. The summed E-state index contributed by atoms with van der Waals surface area (Å²) in [7, 11) is 0. The van der Waals surface area contributed by atoms with Crippen molar-refractivity contribution in [1.82, 2.24) is 0 Å². The Morgan fingerprint density at radius 2 is 0.694 bits per heavy atom. The van der Waals surface area contributed by atoms with E-state index in [4.69, 9.17) is 0 Å². The van der Waals surface area contributed by atoms with Crippen molar-refractivity contribution in [3.63, 3.8) is 0 Å². The molecule has 0 bridgehead atoms. The molecule has 0 heterocycles. The van der Waals surface area contributed by atoms with E-state index in [1.54, 1.807) is 0 Å². The molecule has 0 heteroatoms. The zero-order valence-corrected chi connectivity index (χ0v) is 19.9. The zero-order chi connectivity index (χ0) is 23.9. The van der Waals surface area contributed by atoms with Gasteiger partial charge in [-0.05, 0) is 71.8 Å². The third-order valence-corrected chi connectivity index (χ3v) is 7.26. The van der Waals surface area contributed by atoms with Gasteiger partial charge in [-0.1, -0.05) is 140 Å². The van der Waals surface area contributed by atoms with Crippen molar-refractivity contribution < 1.29 is 0 Å². The number of hydrogen-bond donors (Lipinski definition) is 0. The molecule has 0 unspecified atom stereocenters. The summed E-state index contributed by atoms with van der Waals surface area (Å²) in [5.41, 5.74) is 7.50. The molecule has 7 aromatic carbocycles. The van der Waals surface area contributed by atoms with Gasteiger partial charge in [-0.3, -0.25) is 0 Å². The molecule has 0 saturated carbocycles. The average Bonchev–Trinajstić information content (AvgIpc) is 2.98. The molecule has 0 atom stereocenters. The summed E-state index contributed by atoms with van der Waals surface area (Å²) in [5, 5.41) is 7.80. The lowest BCUT2D eigenvalue weighted by Crippen LogP contribution is -1.91. The van der Waals surface area contributed by atoms with E-state index in [1.807, 2.05) is 0 Å². The SMILES string of the molecule is c1ccc(-c2ccc3c4ccccc4c4c(-c5ccccc5)ccc(-c5ccccc5)c4c3c2)cc1. The molecule has 168 valence electrons. The normalized spacial score (nSPS) is 11.3. The van der Waals surface area contributed by atoms with Gasteiger partial charge in [-0.25, -0.2) is 0 Å². The minimum absolute atomic E-state index is 1.24. The summed E-state index contributed by atoms with van der Waals surface area (Å²) in [6.07, 6.45) is 0. The molecule has 0 N–H and O–H groups in total. The van der Waals surface area contributed by atoms with Crippen LogP contribution in [0.4, 0.5) is 0 Å². The van der Waals surface area contributed by atoms with E-state index in [9.17, 15) is 0 Å². The fourth-order valence-electron chi connectivity index (χ4n) is 5.61. The number of fused-ring (bicyclic) bond motifs is 6. The second-order valence-electron chi connectivity index (χ2n) is 9.31. The second kappa shape index (κ2) is 8.52. The second-order valence-corrected chi connectivity index (χ2v) is 9.31. The molecular weight excluding hydrogens is 432 g/mol. The molecule has 0 nitrogen and oxygen atoms in total. The summed E-state index contributed by atoms with van der Waals surface area (Å²) in [6.45, 7) is 0. The van der Waals surface area contributed by atoms with Gasteiger partial charge >= 0.3 is 0 Å². The minimum Gasteiger partial charge on any atom is -0.0622 e. The molecule has 0 aliphatic rings. The molecular formula is C36H24. The third-order valence-electron chi connectivity index (χ3n) is 7.26. The third kappa shape index (κ3) is 3.31. The van der Waals surface area contributed by atoms with Crippen LogP contribution in [0.25, 0.3) is 65.7 Å². The van der Waals surface area contributed by atoms with Gasteiger partial charge in [-0.2, -0.15) is 0 Å². The Labute approximate surface area is 211 Å². The Balaban J connectivity index is 1.72. The monoisotopic (exact) mass is 456 g/mol. The van der Waals surface area contributed by atoms with E-state index in [0.29, 0.717) is 0 Å². The van der Waals surface area contributed by atoms with E-state index in [2.05, 4.69) is 146 Å². The molecule has 7 rings (SSSR count). The molecule has 7 aromatic rings. The van der Waals surface area contributed by atoms with Gasteiger partial charge in [0.15, 0.2) is 0 Å². The van der Waals surface area contributed by atoms with Gasteiger partial charge < -0.3 is 0 Å². The highest BCUT2D eigenvalue weighted by molar-refractivity contribution is 6.31. The first-order valence-corrected chi connectivity index (χ1v) is 12.5. The highest BCUT2D eigenvalue weighted by atomic mass is 14.2. The van der Waals surface area contributed by atoms with Crippen molar-refractivity contribution in [2.75, 3.05) is 0 Å². The molecule has 0 amide bonds.